The molecule has 1 heterocycles. The molecule has 5 nitrogen and oxygen atoms in total. The molecule has 6 heteroatoms. The van der Waals surface area contributed by atoms with E-state index in [9.17, 15) is 14.7 Å². The monoisotopic (exact) mass is 292 g/mol. The van der Waals surface area contributed by atoms with Crippen LogP contribution in [0.1, 0.15) is 16.1 Å². The zero-order valence-electron chi connectivity index (χ0n) is 10.5. The molecular weight excluding hydrogens is 280 g/mol. The number of aromatic nitrogens is 1. The molecule has 2 rings (SSSR count). The van der Waals surface area contributed by atoms with Gasteiger partial charge in [-0.3, -0.25) is 4.79 Å². The van der Waals surface area contributed by atoms with E-state index >= 15 is 0 Å². The van der Waals surface area contributed by atoms with Crippen LogP contribution in [0.2, 0.25) is 5.02 Å². The van der Waals surface area contributed by atoms with E-state index in [0.717, 1.165) is 5.56 Å². The largest absolute Gasteiger partial charge is 0.480 e. The summed E-state index contributed by atoms with van der Waals surface area (Å²) >= 11 is 5.71. The Hall–Kier alpha value is -2.27. The van der Waals surface area contributed by atoms with Crippen LogP contribution in [-0.4, -0.2) is 28.0 Å². The van der Waals surface area contributed by atoms with Gasteiger partial charge in [0.2, 0.25) is 0 Å². The summed E-state index contributed by atoms with van der Waals surface area (Å²) in [6, 6.07) is 9.56. The van der Waals surface area contributed by atoms with E-state index in [4.69, 9.17) is 11.6 Å². The van der Waals surface area contributed by atoms with Crippen molar-refractivity contribution >= 4 is 23.5 Å². The summed E-state index contributed by atoms with van der Waals surface area (Å²) in [6.45, 7) is 0. The quantitative estimate of drug-likeness (QED) is 0.789. The Kier molecular flexibility index (Phi) is 4.42. The molecular formula is C14H13ClN2O3. The van der Waals surface area contributed by atoms with E-state index in [1.807, 2.05) is 30.3 Å². The predicted octanol–water partition coefficient (Wildman–Crippen LogP) is 2.09. The number of carboxylic acids is 1. The standard InChI is InChI=1S/C14H13ClN2O3/c15-10-7-11(16-8-10)13(18)17-12(14(19)20)6-9-4-2-1-3-5-9/h1-5,7-8,12,16H,6H2,(H,17,18)(H,19,20)/t12-/m1/s1. The zero-order valence-corrected chi connectivity index (χ0v) is 11.2. The second-order valence-electron chi connectivity index (χ2n) is 4.29. The first-order valence-corrected chi connectivity index (χ1v) is 6.35. The molecule has 0 fully saturated rings. The maximum atomic E-state index is 11.9. The minimum absolute atomic E-state index is 0.219. The van der Waals surface area contributed by atoms with Gasteiger partial charge in [0.25, 0.3) is 5.91 Å². The highest BCUT2D eigenvalue weighted by Gasteiger charge is 2.21. The summed E-state index contributed by atoms with van der Waals surface area (Å²) in [5, 5.41) is 12.0. The van der Waals surface area contributed by atoms with E-state index in [0.29, 0.717) is 5.02 Å². The lowest BCUT2D eigenvalue weighted by Gasteiger charge is -2.14. The van der Waals surface area contributed by atoms with Crippen LogP contribution in [0.5, 0.6) is 0 Å². The molecule has 1 aromatic carbocycles. The molecule has 20 heavy (non-hydrogen) atoms. The van der Waals surface area contributed by atoms with Crippen LogP contribution in [0.3, 0.4) is 0 Å². The molecule has 0 aliphatic rings. The van der Waals surface area contributed by atoms with Gasteiger partial charge in [0.1, 0.15) is 11.7 Å². The smallest absolute Gasteiger partial charge is 0.326 e. The van der Waals surface area contributed by atoms with E-state index in [2.05, 4.69) is 10.3 Å². The van der Waals surface area contributed by atoms with Crippen molar-refractivity contribution in [2.24, 2.45) is 0 Å². The van der Waals surface area contributed by atoms with Crippen molar-refractivity contribution < 1.29 is 14.7 Å². The highest BCUT2D eigenvalue weighted by atomic mass is 35.5. The van der Waals surface area contributed by atoms with Gasteiger partial charge in [-0.1, -0.05) is 41.9 Å². The van der Waals surface area contributed by atoms with Crippen molar-refractivity contribution in [3.8, 4) is 0 Å². The third-order valence-electron chi connectivity index (χ3n) is 2.78. The second kappa shape index (κ2) is 6.25. The summed E-state index contributed by atoms with van der Waals surface area (Å²) in [5.41, 5.74) is 1.07. The number of benzene rings is 1. The Labute approximate surface area is 120 Å². The van der Waals surface area contributed by atoms with E-state index in [1.54, 1.807) is 0 Å². The number of rotatable bonds is 5. The summed E-state index contributed by atoms with van der Waals surface area (Å²) in [4.78, 5) is 25.8. The van der Waals surface area contributed by atoms with Crippen molar-refractivity contribution in [3.63, 3.8) is 0 Å². The van der Waals surface area contributed by atoms with Crippen molar-refractivity contribution in [2.45, 2.75) is 12.5 Å². The van der Waals surface area contributed by atoms with Crippen LogP contribution >= 0.6 is 11.6 Å². The molecule has 0 saturated carbocycles. The lowest BCUT2D eigenvalue weighted by molar-refractivity contribution is -0.139. The summed E-state index contributed by atoms with van der Waals surface area (Å²) in [6.07, 6.45) is 1.68. The molecule has 0 saturated heterocycles. The lowest BCUT2D eigenvalue weighted by Crippen LogP contribution is -2.42. The molecule has 0 aliphatic carbocycles. The minimum atomic E-state index is -1.08. The highest BCUT2D eigenvalue weighted by Crippen LogP contribution is 2.10. The number of H-pyrrole nitrogens is 1. The number of amides is 1. The second-order valence-corrected chi connectivity index (χ2v) is 4.72. The van der Waals surface area contributed by atoms with Crippen molar-refractivity contribution in [3.05, 3.63) is 58.9 Å². The average molecular weight is 293 g/mol. The van der Waals surface area contributed by atoms with E-state index in [1.165, 1.54) is 12.3 Å². The van der Waals surface area contributed by atoms with Crippen LogP contribution < -0.4 is 5.32 Å². The van der Waals surface area contributed by atoms with Crippen LogP contribution in [0, 0.1) is 0 Å². The maximum absolute atomic E-state index is 11.9. The third-order valence-corrected chi connectivity index (χ3v) is 3.00. The molecule has 0 radical (unpaired) electrons. The minimum Gasteiger partial charge on any atom is -0.480 e. The van der Waals surface area contributed by atoms with Crippen molar-refractivity contribution in [2.75, 3.05) is 0 Å². The number of carbonyl (C=O) groups excluding carboxylic acids is 1. The molecule has 104 valence electrons. The van der Waals surface area contributed by atoms with Gasteiger partial charge in [-0.15, -0.1) is 0 Å². The number of carbonyl (C=O) groups is 2. The first kappa shape index (κ1) is 14.1. The number of aromatic amines is 1. The Morgan fingerprint density at radius 3 is 2.55 bits per heavy atom. The van der Waals surface area contributed by atoms with Gasteiger partial charge in [0, 0.05) is 12.6 Å². The molecule has 3 N–H and O–H groups in total. The van der Waals surface area contributed by atoms with Crippen LogP contribution in [0.15, 0.2) is 42.6 Å². The fourth-order valence-electron chi connectivity index (χ4n) is 1.78. The molecule has 0 bridgehead atoms. The number of aliphatic carboxylic acids is 1. The Bertz CT molecular complexity index is 610. The van der Waals surface area contributed by atoms with Gasteiger partial charge in [-0.2, -0.15) is 0 Å². The van der Waals surface area contributed by atoms with Gasteiger partial charge in [0.15, 0.2) is 0 Å². The lowest BCUT2D eigenvalue weighted by atomic mass is 10.1. The number of hydrogen-bond donors (Lipinski definition) is 3. The number of nitrogens with one attached hydrogen (secondary N) is 2. The first-order valence-electron chi connectivity index (χ1n) is 5.98. The predicted molar refractivity (Wildman–Crippen MR) is 74.8 cm³/mol. The fourth-order valence-corrected chi connectivity index (χ4v) is 1.95. The molecule has 0 aliphatic heterocycles. The summed E-state index contributed by atoms with van der Waals surface area (Å²) in [7, 11) is 0. The SMILES string of the molecule is O=C(N[C@H](Cc1ccccc1)C(=O)O)c1cc(Cl)c[nH]1. The molecule has 1 atom stereocenters. The molecule has 1 aromatic heterocycles. The van der Waals surface area contributed by atoms with Crippen LogP contribution in [-0.2, 0) is 11.2 Å². The third kappa shape index (κ3) is 3.61. The van der Waals surface area contributed by atoms with Gasteiger partial charge < -0.3 is 15.4 Å². The maximum Gasteiger partial charge on any atom is 0.326 e. The van der Waals surface area contributed by atoms with Crippen molar-refractivity contribution in [1.82, 2.24) is 10.3 Å². The van der Waals surface area contributed by atoms with Crippen molar-refractivity contribution in [1.29, 1.82) is 0 Å². The normalized spacial score (nSPS) is 11.8. The molecule has 1 amide bonds. The van der Waals surface area contributed by atoms with Gasteiger partial charge in [-0.25, -0.2) is 4.79 Å². The van der Waals surface area contributed by atoms with Gasteiger partial charge in [0.05, 0.1) is 5.02 Å². The first-order chi connectivity index (χ1) is 9.56. The molecule has 0 unspecified atom stereocenters. The van der Waals surface area contributed by atoms with E-state index in [-0.39, 0.29) is 12.1 Å². The number of halogens is 1. The molecule has 2 aromatic rings. The van der Waals surface area contributed by atoms with Crippen LogP contribution in [0.25, 0.3) is 0 Å². The Balaban J connectivity index is 2.06. The molecule has 0 spiro atoms. The zero-order chi connectivity index (χ0) is 14.5. The Morgan fingerprint density at radius 1 is 1.30 bits per heavy atom. The van der Waals surface area contributed by atoms with Gasteiger partial charge in [-0.05, 0) is 11.6 Å². The number of carboxylic acid groups (broad SMARTS) is 1. The van der Waals surface area contributed by atoms with E-state index < -0.39 is 17.9 Å². The Morgan fingerprint density at radius 2 is 2.00 bits per heavy atom. The van der Waals surface area contributed by atoms with Crippen LogP contribution in [0.4, 0.5) is 0 Å². The fraction of sp³-hybridized carbons (Fsp3) is 0.143. The summed E-state index contributed by atoms with van der Waals surface area (Å²) < 4.78 is 0. The topological polar surface area (TPSA) is 82.2 Å². The average Bonchev–Trinajstić information content (AvgIpc) is 2.86. The summed E-state index contributed by atoms with van der Waals surface area (Å²) in [5.74, 6) is -1.58. The highest BCUT2D eigenvalue weighted by molar-refractivity contribution is 6.31. The van der Waals surface area contributed by atoms with Gasteiger partial charge >= 0.3 is 5.97 Å². The number of hydrogen-bond acceptors (Lipinski definition) is 2.